The van der Waals surface area contributed by atoms with E-state index < -0.39 is 0 Å². The molecule has 0 spiro atoms. The lowest BCUT2D eigenvalue weighted by Gasteiger charge is -2.04. The number of nitrogens with one attached hydrogen (secondary N) is 1. The summed E-state index contributed by atoms with van der Waals surface area (Å²) in [4.78, 5) is 15.9. The Morgan fingerprint density at radius 1 is 1.29 bits per heavy atom. The van der Waals surface area contributed by atoms with Crippen LogP contribution in [-0.4, -0.2) is 22.9 Å². The van der Waals surface area contributed by atoms with E-state index in [9.17, 15) is 4.79 Å². The summed E-state index contributed by atoms with van der Waals surface area (Å²) in [5, 5.41) is 3.88. The van der Waals surface area contributed by atoms with E-state index in [1.807, 2.05) is 42.7 Å². The fourth-order valence-electron chi connectivity index (χ4n) is 1.54. The van der Waals surface area contributed by atoms with Gasteiger partial charge in [0.15, 0.2) is 0 Å². The molecule has 1 aromatic heterocycles. The van der Waals surface area contributed by atoms with Gasteiger partial charge >= 0.3 is 0 Å². The average molecular weight is 246 g/mol. The van der Waals surface area contributed by atoms with Crippen LogP contribution in [0.3, 0.4) is 0 Å². The minimum absolute atomic E-state index is 0.0159. The van der Waals surface area contributed by atoms with Gasteiger partial charge in [0.05, 0.1) is 5.52 Å². The molecule has 1 aromatic carbocycles. The highest BCUT2D eigenvalue weighted by molar-refractivity contribution is 7.98. The summed E-state index contributed by atoms with van der Waals surface area (Å²) in [6.45, 7) is 0. The van der Waals surface area contributed by atoms with Gasteiger partial charge < -0.3 is 5.32 Å². The Morgan fingerprint density at radius 3 is 2.94 bits per heavy atom. The SMILES string of the molecule is CSCCC(=O)Nc1ccc2ccccc2n1. The third kappa shape index (κ3) is 3.20. The number of para-hydroxylation sites is 1. The summed E-state index contributed by atoms with van der Waals surface area (Å²) in [5.41, 5.74) is 0.898. The van der Waals surface area contributed by atoms with E-state index in [0.717, 1.165) is 16.7 Å². The summed E-state index contributed by atoms with van der Waals surface area (Å²) in [5.74, 6) is 1.47. The van der Waals surface area contributed by atoms with Gasteiger partial charge in [0, 0.05) is 17.6 Å². The standard InChI is InChI=1S/C13H14N2OS/c1-17-9-8-13(16)15-12-7-6-10-4-2-3-5-11(10)14-12/h2-7H,8-9H2,1H3,(H,14,15,16). The molecule has 2 aromatic rings. The zero-order valence-corrected chi connectivity index (χ0v) is 10.5. The highest BCUT2D eigenvalue weighted by Crippen LogP contribution is 2.14. The van der Waals surface area contributed by atoms with Crippen molar-refractivity contribution in [3.63, 3.8) is 0 Å². The molecule has 1 heterocycles. The first-order chi connectivity index (χ1) is 8.29. The third-order valence-corrected chi connectivity index (χ3v) is 3.01. The van der Waals surface area contributed by atoms with Gasteiger partial charge in [-0.2, -0.15) is 11.8 Å². The first-order valence-corrected chi connectivity index (χ1v) is 6.83. The minimum Gasteiger partial charge on any atom is -0.311 e. The monoisotopic (exact) mass is 246 g/mol. The molecule has 0 aliphatic rings. The molecule has 4 heteroatoms. The van der Waals surface area contributed by atoms with Crippen molar-refractivity contribution in [2.45, 2.75) is 6.42 Å². The zero-order chi connectivity index (χ0) is 12.1. The molecule has 0 aliphatic heterocycles. The van der Waals surface area contributed by atoms with Crippen molar-refractivity contribution in [1.82, 2.24) is 4.98 Å². The molecule has 88 valence electrons. The van der Waals surface area contributed by atoms with E-state index in [1.54, 1.807) is 11.8 Å². The molecule has 0 radical (unpaired) electrons. The molecular formula is C13H14N2OS. The van der Waals surface area contributed by atoms with Gasteiger partial charge in [-0.3, -0.25) is 4.79 Å². The van der Waals surface area contributed by atoms with Crippen LogP contribution in [0.5, 0.6) is 0 Å². The summed E-state index contributed by atoms with van der Waals surface area (Å²) in [6, 6.07) is 11.6. The predicted molar refractivity (Wildman–Crippen MR) is 73.4 cm³/mol. The van der Waals surface area contributed by atoms with Gasteiger partial charge in [-0.15, -0.1) is 0 Å². The van der Waals surface area contributed by atoms with Crippen molar-refractivity contribution >= 4 is 34.4 Å². The lowest BCUT2D eigenvalue weighted by molar-refractivity contribution is -0.115. The number of amides is 1. The Kier molecular flexibility index (Phi) is 3.98. The van der Waals surface area contributed by atoms with Crippen LogP contribution in [0.2, 0.25) is 0 Å². The quantitative estimate of drug-likeness (QED) is 0.902. The molecule has 0 saturated carbocycles. The number of carbonyl (C=O) groups is 1. The van der Waals surface area contributed by atoms with E-state index >= 15 is 0 Å². The number of benzene rings is 1. The fraction of sp³-hybridized carbons (Fsp3) is 0.231. The molecule has 2 rings (SSSR count). The third-order valence-electron chi connectivity index (χ3n) is 2.40. The van der Waals surface area contributed by atoms with Crippen molar-refractivity contribution < 1.29 is 4.79 Å². The molecule has 0 fully saturated rings. The maximum absolute atomic E-state index is 11.5. The minimum atomic E-state index is 0.0159. The molecule has 3 nitrogen and oxygen atoms in total. The van der Waals surface area contributed by atoms with Crippen LogP contribution in [0, 0.1) is 0 Å². The lowest BCUT2D eigenvalue weighted by atomic mass is 10.2. The Hall–Kier alpha value is -1.55. The molecule has 0 atom stereocenters. The van der Waals surface area contributed by atoms with Crippen molar-refractivity contribution in [3.05, 3.63) is 36.4 Å². The van der Waals surface area contributed by atoms with Crippen LogP contribution >= 0.6 is 11.8 Å². The van der Waals surface area contributed by atoms with E-state index in [-0.39, 0.29) is 5.91 Å². The van der Waals surface area contributed by atoms with E-state index in [1.165, 1.54) is 0 Å². The number of hydrogen-bond donors (Lipinski definition) is 1. The summed E-state index contributed by atoms with van der Waals surface area (Å²) in [7, 11) is 0. The number of hydrogen-bond acceptors (Lipinski definition) is 3. The number of rotatable bonds is 4. The maximum Gasteiger partial charge on any atom is 0.226 e. The summed E-state index contributed by atoms with van der Waals surface area (Å²) >= 11 is 1.66. The number of carbonyl (C=O) groups excluding carboxylic acids is 1. The average Bonchev–Trinajstić information content (AvgIpc) is 2.36. The van der Waals surface area contributed by atoms with Crippen LogP contribution in [-0.2, 0) is 4.79 Å². The van der Waals surface area contributed by atoms with Gasteiger partial charge in [0.2, 0.25) is 5.91 Å². The van der Waals surface area contributed by atoms with Crippen LogP contribution in [0.1, 0.15) is 6.42 Å². The maximum atomic E-state index is 11.5. The van der Waals surface area contributed by atoms with E-state index in [4.69, 9.17) is 0 Å². The molecule has 1 N–H and O–H groups in total. The Labute approximate surface area is 105 Å². The van der Waals surface area contributed by atoms with Crippen LogP contribution in [0.25, 0.3) is 10.9 Å². The molecular weight excluding hydrogens is 232 g/mol. The lowest BCUT2D eigenvalue weighted by Crippen LogP contribution is -2.13. The molecule has 17 heavy (non-hydrogen) atoms. The van der Waals surface area contributed by atoms with Crippen LogP contribution < -0.4 is 5.32 Å². The summed E-state index contributed by atoms with van der Waals surface area (Å²) < 4.78 is 0. The second-order valence-electron chi connectivity index (χ2n) is 3.68. The van der Waals surface area contributed by atoms with E-state index in [2.05, 4.69) is 10.3 Å². The van der Waals surface area contributed by atoms with Gasteiger partial charge in [-0.1, -0.05) is 18.2 Å². The Morgan fingerprint density at radius 2 is 2.12 bits per heavy atom. The van der Waals surface area contributed by atoms with E-state index in [0.29, 0.717) is 12.2 Å². The molecule has 0 saturated heterocycles. The zero-order valence-electron chi connectivity index (χ0n) is 9.64. The second-order valence-corrected chi connectivity index (χ2v) is 4.67. The molecule has 0 bridgehead atoms. The highest BCUT2D eigenvalue weighted by Gasteiger charge is 2.03. The fourth-order valence-corrected chi connectivity index (χ4v) is 1.93. The number of nitrogens with zero attached hydrogens (tertiary/aromatic N) is 1. The normalized spacial score (nSPS) is 10.4. The van der Waals surface area contributed by atoms with Gasteiger partial charge in [0.1, 0.15) is 5.82 Å². The first-order valence-electron chi connectivity index (χ1n) is 5.44. The molecule has 0 unspecified atom stereocenters. The number of thioether (sulfide) groups is 1. The van der Waals surface area contributed by atoms with Gasteiger partial charge in [-0.25, -0.2) is 4.98 Å². The van der Waals surface area contributed by atoms with Crippen LogP contribution in [0.4, 0.5) is 5.82 Å². The van der Waals surface area contributed by atoms with Crippen molar-refractivity contribution in [1.29, 1.82) is 0 Å². The largest absolute Gasteiger partial charge is 0.311 e. The van der Waals surface area contributed by atoms with Crippen molar-refractivity contribution in [2.75, 3.05) is 17.3 Å². The van der Waals surface area contributed by atoms with Crippen LogP contribution in [0.15, 0.2) is 36.4 Å². The Balaban J connectivity index is 2.11. The van der Waals surface area contributed by atoms with Gasteiger partial charge in [0.25, 0.3) is 0 Å². The second kappa shape index (κ2) is 5.68. The number of aromatic nitrogens is 1. The molecule has 1 amide bonds. The Bertz CT molecular complexity index is 528. The molecule has 0 aliphatic carbocycles. The predicted octanol–water partition coefficient (Wildman–Crippen LogP) is 2.93. The number of fused-ring (bicyclic) bond motifs is 1. The van der Waals surface area contributed by atoms with Crippen molar-refractivity contribution in [2.24, 2.45) is 0 Å². The number of anilines is 1. The number of pyridine rings is 1. The smallest absolute Gasteiger partial charge is 0.226 e. The van der Waals surface area contributed by atoms with Gasteiger partial charge in [-0.05, 0) is 24.5 Å². The topological polar surface area (TPSA) is 42.0 Å². The first kappa shape index (κ1) is 11.9. The summed E-state index contributed by atoms with van der Waals surface area (Å²) in [6.07, 6.45) is 2.51. The highest BCUT2D eigenvalue weighted by atomic mass is 32.2. The van der Waals surface area contributed by atoms with Crippen molar-refractivity contribution in [3.8, 4) is 0 Å².